The Morgan fingerprint density at radius 2 is 1.88 bits per heavy atom. The van der Waals surface area contributed by atoms with E-state index in [4.69, 9.17) is 4.42 Å². The van der Waals surface area contributed by atoms with Crippen molar-refractivity contribution in [2.75, 3.05) is 0 Å². The first kappa shape index (κ1) is 11.6. The number of hydrogen-bond donors (Lipinski definition) is 0. The van der Waals surface area contributed by atoms with Crippen molar-refractivity contribution in [3.63, 3.8) is 0 Å². The average Bonchev–Trinajstić information content (AvgIpc) is 2.83. The fourth-order valence-corrected chi connectivity index (χ4v) is 1.73. The predicted molar refractivity (Wildman–Crippen MR) is 67.3 cm³/mol. The third kappa shape index (κ3) is 2.84. The van der Waals surface area contributed by atoms with E-state index in [-0.39, 0.29) is 5.78 Å². The summed E-state index contributed by atoms with van der Waals surface area (Å²) < 4.78 is 4.90. The van der Waals surface area contributed by atoms with E-state index >= 15 is 0 Å². The van der Waals surface area contributed by atoms with Crippen LogP contribution in [0, 0.1) is 0 Å². The summed E-state index contributed by atoms with van der Waals surface area (Å²) in [5.41, 5.74) is 2.98. The lowest BCUT2D eigenvalue weighted by atomic mass is 9.99. The van der Waals surface area contributed by atoms with Crippen molar-refractivity contribution in [3.8, 4) is 0 Å². The quantitative estimate of drug-likeness (QED) is 0.744. The molecule has 0 N–H and O–H groups in total. The first-order valence-corrected chi connectivity index (χ1v) is 5.81. The van der Waals surface area contributed by atoms with Gasteiger partial charge >= 0.3 is 0 Å². The van der Waals surface area contributed by atoms with Crippen LogP contribution in [0.4, 0.5) is 0 Å². The summed E-state index contributed by atoms with van der Waals surface area (Å²) in [6.07, 6.45) is 3.44. The average molecular weight is 228 g/mol. The molecular formula is C15H16O2. The molecule has 0 spiro atoms. The van der Waals surface area contributed by atoms with E-state index in [0.717, 1.165) is 5.56 Å². The molecule has 0 bridgehead atoms. The molecule has 1 heterocycles. The summed E-state index contributed by atoms with van der Waals surface area (Å²) in [6, 6.07) is 9.91. The lowest BCUT2D eigenvalue weighted by Crippen LogP contribution is -2.02. The molecule has 0 radical (unpaired) electrons. The molecule has 0 fully saturated rings. The molecule has 0 atom stereocenters. The number of benzene rings is 1. The van der Waals surface area contributed by atoms with Gasteiger partial charge in [0.2, 0.25) is 0 Å². The minimum Gasteiger partial charge on any atom is -0.472 e. The first-order chi connectivity index (χ1) is 8.16. The summed E-state index contributed by atoms with van der Waals surface area (Å²) in [7, 11) is 0. The van der Waals surface area contributed by atoms with Crippen LogP contribution in [0.1, 0.15) is 41.3 Å². The smallest absolute Gasteiger partial charge is 0.170 e. The van der Waals surface area contributed by atoms with Gasteiger partial charge in [0.15, 0.2) is 5.78 Å². The molecule has 2 heteroatoms. The number of rotatable bonds is 4. The maximum atomic E-state index is 11.8. The zero-order valence-electron chi connectivity index (χ0n) is 10.1. The van der Waals surface area contributed by atoms with E-state index in [9.17, 15) is 4.79 Å². The third-order valence-corrected chi connectivity index (χ3v) is 2.85. The maximum Gasteiger partial charge on any atom is 0.170 e. The summed E-state index contributed by atoms with van der Waals surface area (Å²) >= 11 is 0. The summed E-state index contributed by atoms with van der Waals surface area (Å²) in [4.78, 5) is 11.8. The highest BCUT2D eigenvalue weighted by atomic mass is 16.3. The molecule has 0 unspecified atom stereocenters. The van der Waals surface area contributed by atoms with Crippen LogP contribution in [0.2, 0.25) is 0 Å². The summed E-state index contributed by atoms with van der Waals surface area (Å²) in [5.74, 6) is 0.615. The van der Waals surface area contributed by atoms with Crippen molar-refractivity contribution in [2.24, 2.45) is 0 Å². The third-order valence-electron chi connectivity index (χ3n) is 2.85. The number of furan rings is 1. The predicted octanol–water partition coefficient (Wildman–Crippen LogP) is 3.83. The molecule has 2 rings (SSSR count). The molecule has 1 aromatic carbocycles. The Balaban J connectivity index is 2.07. The Bertz CT molecular complexity index is 478. The molecule has 2 aromatic rings. The minimum atomic E-state index is 0.0936. The largest absolute Gasteiger partial charge is 0.472 e. The van der Waals surface area contributed by atoms with E-state index in [1.54, 1.807) is 6.07 Å². The van der Waals surface area contributed by atoms with Crippen molar-refractivity contribution >= 4 is 5.78 Å². The highest BCUT2D eigenvalue weighted by Crippen LogP contribution is 2.16. The molecule has 0 amide bonds. The van der Waals surface area contributed by atoms with Crippen LogP contribution in [0.5, 0.6) is 0 Å². The van der Waals surface area contributed by atoms with Crippen LogP contribution in [0.15, 0.2) is 47.3 Å². The molecule has 0 saturated heterocycles. The molecule has 2 nitrogen and oxygen atoms in total. The van der Waals surface area contributed by atoms with Gasteiger partial charge in [-0.3, -0.25) is 4.79 Å². The molecule has 0 aliphatic heterocycles. The van der Waals surface area contributed by atoms with Gasteiger partial charge in [-0.25, -0.2) is 0 Å². The SMILES string of the molecule is CC(C)c1ccc(CC(=O)c2ccoc2)cc1. The number of hydrogen-bond acceptors (Lipinski definition) is 2. The molecule has 1 aromatic heterocycles. The van der Waals surface area contributed by atoms with Crippen molar-refractivity contribution in [2.45, 2.75) is 26.2 Å². The van der Waals surface area contributed by atoms with Gasteiger partial charge in [-0.15, -0.1) is 0 Å². The van der Waals surface area contributed by atoms with Crippen LogP contribution in [0.3, 0.4) is 0 Å². The summed E-state index contributed by atoms with van der Waals surface area (Å²) in [5, 5.41) is 0. The molecule has 0 saturated carbocycles. The fraction of sp³-hybridized carbons (Fsp3) is 0.267. The van der Waals surface area contributed by atoms with Gasteiger partial charge in [0.1, 0.15) is 6.26 Å². The first-order valence-electron chi connectivity index (χ1n) is 5.81. The van der Waals surface area contributed by atoms with E-state index in [2.05, 4.69) is 26.0 Å². The Labute approximate surface area is 101 Å². The van der Waals surface area contributed by atoms with Gasteiger partial charge in [0.25, 0.3) is 0 Å². The lowest BCUT2D eigenvalue weighted by molar-refractivity contribution is 0.0992. The van der Waals surface area contributed by atoms with E-state index in [1.165, 1.54) is 18.1 Å². The van der Waals surface area contributed by atoms with Crippen LogP contribution in [-0.2, 0) is 6.42 Å². The molecule has 88 valence electrons. The maximum absolute atomic E-state index is 11.8. The number of ketones is 1. The number of Topliss-reactive ketones (excluding diaryl/α,β-unsaturated/α-hetero) is 1. The normalized spacial score (nSPS) is 10.8. The van der Waals surface area contributed by atoms with Gasteiger partial charge in [-0.1, -0.05) is 38.1 Å². The molecule has 0 aliphatic rings. The monoisotopic (exact) mass is 228 g/mol. The van der Waals surface area contributed by atoms with E-state index < -0.39 is 0 Å². The van der Waals surface area contributed by atoms with Crippen LogP contribution in [-0.4, -0.2) is 5.78 Å². The van der Waals surface area contributed by atoms with Crippen LogP contribution in [0.25, 0.3) is 0 Å². The lowest BCUT2D eigenvalue weighted by Gasteiger charge is -2.06. The van der Waals surface area contributed by atoms with E-state index in [0.29, 0.717) is 17.9 Å². The molecular weight excluding hydrogens is 212 g/mol. The Hall–Kier alpha value is -1.83. The highest BCUT2D eigenvalue weighted by Gasteiger charge is 2.08. The second kappa shape index (κ2) is 5.00. The van der Waals surface area contributed by atoms with Gasteiger partial charge < -0.3 is 4.42 Å². The standard InChI is InChI=1S/C15H16O2/c1-11(2)13-5-3-12(4-6-13)9-15(16)14-7-8-17-10-14/h3-8,10-11H,9H2,1-2H3. The van der Waals surface area contributed by atoms with Crippen molar-refractivity contribution < 1.29 is 9.21 Å². The Morgan fingerprint density at radius 3 is 2.41 bits per heavy atom. The van der Waals surface area contributed by atoms with Crippen LogP contribution >= 0.6 is 0 Å². The minimum absolute atomic E-state index is 0.0936. The second-order valence-electron chi connectivity index (χ2n) is 4.51. The molecule has 17 heavy (non-hydrogen) atoms. The fourth-order valence-electron chi connectivity index (χ4n) is 1.73. The zero-order chi connectivity index (χ0) is 12.3. The van der Waals surface area contributed by atoms with Gasteiger partial charge in [0, 0.05) is 6.42 Å². The molecule has 0 aliphatic carbocycles. The number of carbonyl (C=O) groups is 1. The second-order valence-corrected chi connectivity index (χ2v) is 4.51. The van der Waals surface area contributed by atoms with Crippen molar-refractivity contribution in [1.82, 2.24) is 0 Å². The van der Waals surface area contributed by atoms with Gasteiger partial charge in [-0.05, 0) is 23.1 Å². The zero-order valence-corrected chi connectivity index (χ0v) is 10.1. The Morgan fingerprint density at radius 1 is 1.18 bits per heavy atom. The summed E-state index contributed by atoms with van der Waals surface area (Å²) in [6.45, 7) is 4.32. The van der Waals surface area contributed by atoms with Crippen molar-refractivity contribution in [3.05, 3.63) is 59.5 Å². The van der Waals surface area contributed by atoms with Gasteiger partial charge in [0.05, 0.1) is 11.8 Å². The van der Waals surface area contributed by atoms with Gasteiger partial charge in [-0.2, -0.15) is 0 Å². The van der Waals surface area contributed by atoms with E-state index in [1.807, 2.05) is 12.1 Å². The van der Waals surface area contributed by atoms with Crippen LogP contribution < -0.4 is 0 Å². The highest BCUT2D eigenvalue weighted by molar-refractivity contribution is 5.97. The topological polar surface area (TPSA) is 30.2 Å². The Kier molecular flexibility index (Phi) is 3.43. The van der Waals surface area contributed by atoms with Crippen molar-refractivity contribution in [1.29, 1.82) is 0 Å². The number of carbonyl (C=O) groups excluding carboxylic acids is 1.